The molecule has 2 N–H and O–H groups in total. The van der Waals surface area contributed by atoms with E-state index in [1.807, 2.05) is 0 Å². The van der Waals surface area contributed by atoms with E-state index in [1.54, 1.807) is 6.07 Å². The smallest absolute Gasteiger partial charge is 0.337 e. The summed E-state index contributed by atoms with van der Waals surface area (Å²) >= 11 is 0. The molecule has 0 spiro atoms. The van der Waals surface area contributed by atoms with Crippen LogP contribution < -0.4 is 5.32 Å². The van der Waals surface area contributed by atoms with E-state index in [-0.39, 0.29) is 11.3 Å². The number of aryl methyl sites for hydroxylation is 1. The second-order valence-electron chi connectivity index (χ2n) is 4.65. The molecule has 0 radical (unpaired) electrons. The van der Waals surface area contributed by atoms with Crippen LogP contribution in [0.3, 0.4) is 0 Å². The number of ether oxygens (including phenoxy) is 1. The normalized spacial score (nSPS) is 11.2. The first kappa shape index (κ1) is 16.8. The molecule has 122 valence electrons. The highest BCUT2D eigenvalue weighted by atomic mass is 16.5. The van der Waals surface area contributed by atoms with Gasteiger partial charge in [0.25, 0.3) is 5.91 Å². The van der Waals surface area contributed by atoms with Gasteiger partial charge in [0.2, 0.25) is 0 Å². The minimum absolute atomic E-state index is 0.155. The summed E-state index contributed by atoms with van der Waals surface area (Å²) in [6.07, 6.45) is 1.21. The third-order valence-electron chi connectivity index (χ3n) is 3.15. The number of carbonyl (C=O) groups excluding carboxylic acids is 2. The van der Waals surface area contributed by atoms with Gasteiger partial charge >= 0.3 is 5.97 Å². The Hall–Kier alpha value is -3.60. The Kier molecular flexibility index (Phi) is 4.96. The number of aliphatic hydroxyl groups is 1. The molecule has 0 saturated heterocycles. The van der Waals surface area contributed by atoms with Crippen molar-refractivity contribution in [2.75, 3.05) is 12.4 Å². The van der Waals surface area contributed by atoms with Crippen molar-refractivity contribution in [2.24, 2.45) is 0 Å². The zero-order chi connectivity index (χ0) is 17.7. The summed E-state index contributed by atoms with van der Waals surface area (Å²) in [6, 6.07) is 7.52. The van der Waals surface area contributed by atoms with Crippen molar-refractivity contribution in [3.05, 3.63) is 52.9 Å². The van der Waals surface area contributed by atoms with Crippen molar-refractivity contribution in [3.8, 4) is 6.07 Å². The number of aromatic nitrogens is 1. The monoisotopic (exact) mass is 327 g/mol. The minimum atomic E-state index is -0.804. The molecular formula is C16H13N3O5. The highest BCUT2D eigenvalue weighted by Gasteiger charge is 2.20. The van der Waals surface area contributed by atoms with Crippen molar-refractivity contribution in [1.29, 1.82) is 5.26 Å². The van der Waals surface area contributed by atoms with Gasteiger partial charge in [-0.05, 0) is 31.2 Å². The predicted molar refractivity (Wildman–Crippen MR) is 82.8 cm³/mol. The maximum atomic E-state index is 12.2. The fraction of sp³-hybridized carbons (Fsp3) is 0.125. The average molecular weight is 327 g/mol. The van der Waals surface area contributed by atoms with Gasteiger partial charge in [-0.25, -0.2) is 4.79 Å². The quantitative estimate of drug-likeness (QED) is 0.381. The first-order chi connectivity index (χ1) is 11.5. The summed E-state index contributed by atoms with van der Waals surface area (Å²) in [5.41, 5.74) is 0.325. The van der Waals surface area contributed by atoms with Gasteiger partial charge < -0.3 is 19.7 Å². The average Bonchev–Trinajstić information content (AvgIpc) is 3.01. The second-order valence-corrected chi connectivity index (χ2v) is 4.65. The zero-order valence-electron chi connectivity index (χ0n) is 12.9. The topological polar surface area (TPSA) is 125 Å². The number of benzene rings is 1. The van der Waals surface area contributed by atoms with E-state index in [1.165, 1.54) is 44.5 Å². The van der Waals surface area contributed by atoms with Crippen LogP contribution in [0, 0.1) is 18.3 Å². The summed E-state index contributed by atoms with van der Waals surface area (Å²) < 4.78 is 9.37. The lowest BCUT2D eigenvalue weighted by Crippen LogP contribution is -2.15. The number of nitrogens with zero attached hydrogens (tertiary/aromatic N) is 2. The van der Waals surface area contributed by atoms with E-state index < -0.39 is 23.2 Å². The number of aliphatic hydroxyl groups excluding tert-OH is 1. The number of hydrogen-bond donors (Lipinski definition) is 2. The lowest BCUT2D eigenvalue weighted by atomic mass is 10.1. The number of anilines is 1. The number of nitrogens with one attached hydrogen (secondary N) is 1. The number of hydrogen-bond acceptors (Lipinski definition) is 7. The molecule has 2 rings (SSSR count). The Morgan fingerprint density at radius 2 is 2.00 bits per heavy atom. The molecule has 0 bridgehead atoms. The Balaban J connectivity index is 2.23. The van der Waals surface area contributed by atoms with E-state index >= 15 is 0 Å². The summed E-state index contributed by atoms with van der Waals surface area (Å²) in [5, 5.41) is 25.2. The highest BCUT2D eigenvalue weighted by Crippen LogP contribution is 2.20. The third-order valence-corrected chi connectivity index (χ3v) is 3.15. The van der Waals surface area contributed by atoms with E-state index in [2.05, 4.69) is 15.2 Å². The molecule has 0 aliphatic heterocycles. The summed E-state index contributed by atoms with van der Waals surface area (Å²) in [5.74, 6) is -1.57. The Bertz CT molecular complexity index is 843. The summed E-state index contributed by atoms with van der Waals surface area (Å²) in [6.45, 7) is 1.54. The summed E-state index contributed by atoms with van der Waals surface area (Å²) in [4.78, 5) is 23.5. The molecule has 0 fully saturated rings. The number of nitriles is 1. The maximum Gasteiger partial charge on any atom is 0.337 e. The minimum Gasteiger partial charge on any atom is -0.506 e. The number of methoxy groups -OCH3 is 1. The molecule has 0 saturated carbocycles. The molecule has 1 aromatic heterocycles. The second kappa shape index (κ2) is 7.11. The third kappa shape index (κ3) is 3.41. The van der Waals surface area contributed by atoms with Gasteiger partial charge in [-0.3, -0.25) is 4.79 Å². The molecule has 0 unspecified atom stereocenters. The van der Waals surface area contributed by atoms with Crippen LogP contribution >= 0.6 is 0 Å². The Morgan fingerprint density at radius 1 is 1.33 bits per heavy atom. The van der Waals surface area contributed by atoms with E-state index in [9.17, 15) is 14.7 Å². The van der Waals surface area contributed by atoms with Crippen LogP contribution in [0.1, 0.15) is 21.7 Å². The van der Waals surface area contributed by atoms with Crippen LogP contribution in [-0.2, 0) is 9.53 Å². The number of esters is 1. The van der Waals surface area contributed by atoms with Crippen LogP contribution in [0.25, 0.3) is 5.76 Å². The molecule has 0 atom stereocenters. The molecule has 0 aliphatic rings. The van der Waals surface area contributed by atoms with E-state index in [0.29, 0.717) is 11.3 Å². The SMILES string of the molecule is COC(=O)c1ccc(NC(=O)/C(C#N)=C(\O)c2cnoc2C)cc1. The maximum absolute atomic E-state index is 12.2. The number of amides is 1. The first-order valence-corrected chi connectivity index (χ1v) is 6.72. The fourth-order valence-electron chi connectivity index (χ4n) is 1.87. The largest absolute Gasteiger partial charge is 0.506 e. The Morgan fingerprint density at radius 3 is 2.50 bits per heavy atom. The van der Waals surface area contributed by atoms with Gasteiger partial charge in [-0.2, -0.15) is 5.26 Å². The van der Waals surface area contributed by atoms with Gasteiger partial charge in [-0.1, -0.05) is 5.16 Å². The van der Waals surface area contributed by atoms with Gasteiger partial charge in [0.05, 0.1) is 24.4 Å². The van der Waals surface area contributed by atoms with Crippen LogP contribution in [-0.4, -0.2) is 29.2 Å². The van der Waals surface area contributed by atoms with Crippen molar-refractivity contribution in [2.45, 2.75) is 6.92 Å². The van der Waals surface area contributed by atoms with Gasteiger partial charge in [-0.15, -0.1) is 0 Å². The molecule has 0 aliphatic carbocycles. The zero-order valence-corrected chi connectivity index (χ0v) is 12.9. The van der Waals surface area contributed by atoms with Crippen molar-refractivity contribution >= 4 is 23.3 Å². The Labute approximate surface area is 136 Å². The lowest BCUT2D eigenvalue weighted by molar-refractivity contribution is -0.112. The molecule has 1 heterocycles. The van der Waals surface area contributed by atoms with Crippen LogP contribution in [0.15, 0.2) is 40.6 Å². The number of carbonyl (C=O) groups is 2. The molecule has 24 heavy (non-hydrogen) atoms. The van der Waals surface area contributed by atoms with Gasteiger partial charge in [0, 0.05) is 5.69 Å². The summed E-state index contributed by atoms with van der Waals surface area (Å²) in [7, 11) is 1.26. The van der Waals surface area contributed by atoms with Crippen LogP contribution in [0.5, 0.6) is 0 Å². The van der Waals surface area contributed by atoms with Crippen molar-refractivity contribution in [1.82, 2.24) is 5.16 Å². The molecule has 8 heteroatoms. The van der Waals surface area contributed by atoms with Crippen molar-refractivity contribution < 1.29 is 24.0 Å². The van der Waals surface area contributed by atoms with Gasteiger partial charge in [0.15, 0.2) is 11.3 Å². The highest BCUT2D eigenvalue weighted by molar-refractivity contribution is 6.11. The first-order valence-electron chi connectivity index (χ1n) is 6.72. The predicted octanol–water partition coefficient (Wildman–Crippen LogP) is 2.20. The van der Waals surface area contributed by atoms with Crippen molar-refractivity contribution in [3.63, 3.8) is 0 Å². The van der Waals surface area contributed by atoms with E-state index in [0.717, 1.165) is 0 Å². The molecule has 2 aromatic rings. The molecule has 1 aromatic carbocycles. The van der Waals surface area contributed by atoms with Crippen LogP contribution in [0.2, 0.25) is 0 Å². The molecular weight excluding hydrogens is 314 g/mol. The van der Waals surface area contributed by atoms with Crippen LogP contribution in [0.4, 0.5) is 5.69 Å². The molecule has 1 amide bonds. The lowest BCUT2D eigenvalue weighted by Gasteiger charge is -2.06. The van der Waals surface area contributed by atoms with E-state index in [4.69, 9.17) is 9.78 Å². The van der Waals surface area contributed by atoms with Gasteiger partial charge in [0.1, 0.15) is 11.8 Å². The molecule has 8 nitrogen and oxygen atoms in total. The fourth-order valence-corrected chi connectivity index (χ4v) is 1.87. The standard InChI is InChI=1S/C16H13N3O5/c1-9-13(8-18-24-9)14(20)12(7-17)15(21)19-11-5-3-10(4-6-11)16(22)23-2/h3-6,8,20H,1-2H3,(H,19,21)/b14-12-. The number of rotatable bonds is 4.